The normalized spacial score (nSPS) is 9.00. The van der Waals surface area contributed by atoms with Crippen LogP contribution in [0.3, 0.4) is 0 Å². The summed E-state index contributed by atoms with van der Waals surface area (Å²) in [5, 5.41) is 2.62. The summed E-state index contributed by atoms with van der Waals surface area (Å²) < 4.78 is 25.3. The molecule has 0 aliphatic rings. The maximum atomic E-state index is 8.44. The molecule has 2 aromatic rings. The summed E-state index contributed by atoms with van der Waals surface area (Å²) in [5.74, 6) is 0. The number of fused-ring (bicyclic) bond motifs is 1. The molecule has 0 aliphatic heterocycles. The molecule has 2 aromatic carbocycles. The molecule has 0 spiro atoms. The van der Waals surface area contributed by atoms with Gasteiger partial charge in [-0.15, -0.1) is 11.4 Å². The van der Waals surface area contributed by atoms with E-state index in [-0.39, 0.29) is 29.6 Å². The Kier molecular flexibility index (Phi) is 7.86. The van der Waals surface area contributed by atoms with Crippen molar-refractivity contribution in [3.63, 3.8) is 0 Å². The van der Waals surface area contributed by atoms with Gasteiger partial charge in [0.25, 0.3) is 0 Å². The van der Waals surface area contributed by atoms with Gasteiger partial charge in [-0.3, -0.25) is 4.21 Å². The summed E-state index contributed by atoms with van der Waals surface area (Å²) in [4.78, 5) is 0. The molecule has 0 N–H and O–H groups in total. The molecule has 5 heteroatoms. The molecular weight excluding hydrogens is 223 g/mol. The van der Waals surface area contributed by atoms with Gasteiger partial charge in [0.2, 0.25) is 0 Å². The predicted molar refractivity (Wildman–Crippen MR) is 53.6 cm³/mol. The maximum Gasteiger partial charge on any atom is 1.00 e. The van der Waals surface area contributed by atoms with E-state index in [0.29, 0.717) is 0 Å². The number of hydrogen-bond acceptors (Lipinski definition) is 3. The first-order chi connectivity index (χ1) is 6.70. The van der Waals surface area contributed by atoms with Gasteiger partial charge in [-0.25, -0.2) is 0 Å². The molecule has 0 aromatic heterocycles. The van der Waals surface area contributed by atoms with Gasteiger partial charge < -0.3 is 9.11 Å². The first kappa shape index (κ1) is 14.8. The van der Waals surface area contributed by atoms with Crippen molar-refractivity contribution < 1.29 is 42.9 Å². The summed E-state index contributed by atoms with van der Waals surface area (Å²) in [6.45, 7) is 0. The van der Waals surface area contributed by atoms with Crippen LogP contribution in [0.1, 0.15) is 0 Å². The molecule has 0 saturated carbocycles. The second kappa shape index (κ2) is 7.98. The number of hydrogen-bond donors (Lipinski definition) is 0. The summed E-state index contributed by atoms with van der Waals surface area (Å²) >= 11 is -3.11. The molecule has 74 valence electrons. The molecule has 0 fully saturated rings. The summed E-state index contributed by atoms with van der Waals surface area (Å²) in [6.07, 6.45) is 0. The van der Waals surface area contributed by atoms with Crippen LogP contribution in [0.15, 0.2) is 48.5 Å². The van der Waals surface area contributed by atoms with Crippen molar-refractivity contribution in [2.24, 2.45) is 0 Å². The van der Waals surface area contributed by atoms with Crippen molar-refractivity contribution in [2.45, 2.75) is 0 Å². The Balaban J connectivity index is 0.000000346. The minimum Gasteiger partial charge on any atom is -0.784 e. The van der Waals surface area contributed by atoms with Gasteiger partial charge in [-0.1, -0.05) is 48.5 Å². The third-order valence-electron chi connectivity index (χ3n) is 1.66. The second-order valence-electron chi connectivity index (χ2n) is 2.55. The molecule has 3 nitrogen and oxygen atoms in total. The van der Waals surface area contributed by atoms with Crippen molar-refractivity contribution in [1.82, 2.24) is 0 Å². The monoisotopic (exact) mass is 231 g/mol. The molecule has 0 saturated heterocycles. The van der Waals surface area contributed by atoms with E-state index in [1.54, 1.807) is 0 Å². The Labute approximate surface area is 113 Å². The topological polar surface area (TPSA) is 63.2 Å². The molecule has 2 rings (SSSR count). The quantitative estimate of drug-likeness (QED) is 0.424. The van der Waals surface area contributed by atoms with Crippen LogP contribution >= 0.6 is 0 Å². The van der Waals surface area contributed by atoms with E-state index in [1.807, 2.05) is 0 Å². The molecule has 0 amide bonds. The molecule has 0 unspecified atom stereocenters. The summed E-state index contributed by atoms with van der Waals surface area (Å²) in [6, 6.07) is 16.7. The second-order valence-corrected chi connectivity index (χ2v) is 2.96. The van der Waals surface area contributed by atoms with Crippen LogP contribution in [0.2, 0.25) is 0 Å². The van der Waals surface area contributed by atoms with Crippen LogP contribution in [0.25, 0.3) is 10.8 Å². The Hall–Kier alpha value is -0.230. The van der Waals surface area contributed by atoms with E-state index in [1.165, 1.54) is 10.8 Å². The minimum absolute atomic E-state index is 0. The van der Waals surface area contributed by atoms with Gasteiger partial charge in [0, 0.05) is 0 Å². The van der Waals surface area contributed by atoms with Crippen molar-refractivity contribution in [3.8, 4) is 0 Å². The fourth-order valence-corrected chi connectivity index (χ4v) is 1.13. The van der Waals surface area contributed by atoms with Crippen molar-refractivity contribution >= 4 is 22.1 Å². The first-order valence-corrected chi connectivity index (χ1v) is 4.90. The minimum atomic E-state index is -3.11. The van der Waals surface area contributed by atoms with Crippen LogP contribution < -0.4 is 29.6 Å². The zero-order valence-electron chi connectivity index (χ0n) is 8.25. The van der Waals surface area contributed by atoms with Crippen LogP contribution in [-0.4, -0.2) is 13.3 Å². The SMILES string of the molecule is O=S([O-])[O-].[Na+].c1ccc2ccccc2c1. The molecule has 15 heavy (non-hydrogen) atoms. The van der Waals surface area contributed by atoms with Gasteiger partial charge in [0.15, 0.2) is 0 Å². The third-order valence-corrected chi connectivity index (χ3v) is 1.66. The van der Waals surface area contributed by atoms with Crippen molar-refractivity contribution in [1.29, 1.82) is 0 Å². The fraction of sp³-hybridized carbons (Fsp3) is 0. The Morgan fingerprint density at radius 1 is 0.800 bits per heavy atom. The summed E-state index contributed by atoms with van der Waals surface area (Å²) in [7, 11) is 0. The molecule has 0 bridgehead atoms. The average molecular weight is 231 g/mol. The predicted octanol–water partition coefficient (Wildman–Crippen LogP) is -1.16. The van der Waals surface area contributed by atoms with E-state index >= 15 is 0 Å². The Morgan fingerprint density at radius 3 is 1.20 bits per heavy atom. The molecule has 0 atom stereocenters. The van der Waals surface area contributed by atoms with Crippen LogP contribution in [-0.2, 0) is 11.4 Å². The molecule has 0 radical (unpaired) electrons. The van der Waals surface area contributed by atoms with Gasteiger partial charge in [0.1, 0.15) is 0 Å². The molecule has 0 heterocycles. The zero-order chi connectivity index (χ0) is 10.4. The van der Waals surface area contributed by atoms with E-state index in [0.717, 1.165) is 0 Å². The van der Waals surface area contributed by atoms with Crippen LogP contribution in [0.5, 0.6) is 0 Å². The zero-order valence-corrected chi connectivity index (χ0v) is 11.1. The van der Waals surface area contributed by atoms with Crippen molar-refractivity contribution in [3.05, 3.63) is 48.5 Å². The van der Waals surface area contributed by atoms with Crippen LogP contribution in [0.4, 0.5) is 0 Å². The third kappa shape index (κ3) is 6.04. The maximum absolute atomic E-state index is 8.44. The van der Waals surface area contributed by atoms with Gasteiger partial charge >= 0.3 is 29.6 Å². The van der Waals surface area contributed by atoms with E-state index in [2.05, 4.69) is 48.5 Å². The number of rotatable bonds is 0. The van der Waals surface area contributed by atoms with E-state index in [4.69, 9.17) is 13.3 Å². The largest absolute Gasteiger partial charge is 1.00 e. The van der Waals surface area contributed by atoms with Gasteiger partial charge in [0.05, 0.1) is 0 Å². The number of benzene rings is 2. The Morgan fingerprint density at radius 2 is 1.00 bits per heavy atom. The molecular formula is C10H8NaO3S-. The van der Waals surface area contributed by atoms with Gasteiger partial charge in [-0.2, -0.15) is 0 Å². The summed E-state index contributed by atoms with van der Waals surface area (Å²) in [5.41, 5.74) is 0. The van der Waals surface area contributed by atoms with Crippen molar-refractivity contribution in [2.75, 3.05) is 0 Å². The average Bonchev–Trinajstić information content (AvgIpc) is 2.17. The first-order valence-electron chi connectivity index (χ1n) is 3.90. The fourth-order valence-electron chi connectivity index (χ4n) is 1.13. The standard InChI is InChI=1S/C10H8.Na.H2O3S/c1-2-6-10-8-4-3-7-9(10)5-1;;1-4(2)3/h1-8H;;(H2,1,2,3)/q;+1;/p-2. The Bertz CT molecular complexity index is 364. The molecule has 0 aliphatic carbocycles. The van der Waals surface area contributed by atoms with E-state index in [9.17, 15) is 0 Å². The van der Waals surface area contributed by atoms with Gasteiger partial charge in [-0.05, 0) is 10.8 Å². The van der Waals surface area contributed by atoms with E-state index < -0.39 is 11.4 Å². The van der Waals surface area contributed by atoms with Crippen LogP contribution in [0, 0.1) is 0 Å². The smallest absolute Gasteiger partial charge is 0.784 e.